The molecule has 0 amide bonds. The van der Waals surface area contributed by atoms with Crippen LogP contribution in [-0.4, -0.2) is 30.1 Å². The van der Waals surface area contributed by atoms with Gasteiger partial charge in [0.25, 0.3) is 0 Å². The summed E-state index contributed by atoms with van der Waals surface area (Å²) in [5.74, 6) is -0.561. The lowest BCUT2D eigenvalue weighted by Gasteiger charge is -2.00. The van der Waals surface area contributed by atoms with Gasteiger partial charge in [0.05, 0.1) is 26.1 Å². The second-order valence-corrected chi connectivity index (χ2v) is 3.47. The number of carbonyl (C=O) groups excluding carboxylic acids is 2. The van der Waals surface area contributed by atoms with Crippen molar-refractivity contribution in [1.82, 2.24) is 4.98 Å². The van der Waals surface area contributed by atoms with Gasteiger partial charge in [-0.15, -0.1) is 0 Å². The van der Waals surface area contributed by atoms with Crippen molar-refractivity contribution >= 4 is 11.9 Å². The first-order valence-electron chi connectivity index (χ1n) is 5.63. The van der Waals surface area contributed by atoms with E-state index in [4.69, 9.17) is 9.47 Å². The summed E-state index contributed by atoms with van der Waals surface area (Å²) in [6.07, 6.45) is 0.382. The Balaban J connectivity index is 2.47. The van der Waals surface area contributed by atoms with Crippen LogP contribution in [0, 0.1) is 0 Å². The molecule has 1 N–H and O–H groups in total. The van der Waals surface area contributed by atoms with E-state index >= 15 is 0 Å². The quantitative estimate of drug-likeness (QED) is 0.758. The highest BCUT2D eigenvalue weighted by Crippen LogP contribution is 2.05. The highest BCUT2D eigenvalue weighted by molar-refractivity contribution is 5.73. The highest BCUT2D eigenvalue weighted by Gasteiger charge is 2.09. The third-order valence-electron chi connectivity index (χ3n) is 2.09. The van der Waals surface area contributed by atoms with Crippen LogP contribution in [-0.2, 0) is 31.9 Å². The molecule has 0 atom stereocenters. The van der Waals surface area contributed by atoms with Gasteiger partial charge in [-0.1, -0.05) is 0 Å². The van der Waals surface area contributed by atoms with Gasteiger partial charge in [-0.05, 0) is 26.0 Å². The molecule has 0 unspecified atom stereocenters. The molecule has 5 nitrogen and oxygen atoms in total. The maximum absolute atomic E-state index is 11.2. The SMILES string of the molecule is CCOC(=O)Cc1ccc(CC(=O)OCC)[nH]1. The lowest BCUT2D eigenvalue weighted by molar-refractivity contribution is -0.143. The van der Waals surface area contributed by atoms with E-state index in [1.54, 1.807) is 26.0 Å². The summed E-state index contributed by atoms with van der Waals surface area (Å²) in [7, 11) is 0. The molecule has 1 heterocycles. The molecule has 0 bridgehead atoms. The summed E-state index contributed by atoms with van der Waals surface area (Å²) in [6, 6.07) is 3.54. The van der Waals surface area contributed by atoms with E-state index in [1.165, 1.54) is 0 Å². The zero-order valence-corrected chi connectivity index (χ0v) is 10.1. The molecule has 17 heavy (non-hydrogen) atoms. The number of hydrogen-bond acceptors (Lipinski definition) is 4. The van der Waals surface area contributed by atoms with Gasteiger partial charge in [0.1, 0.15) is 0 Å². The van der Waals surface area contributed by atoms with Crippen LogP contribution < -0.4 is 0 Å². The second kappa shape index (κ2) is 6.73. The van der Waals surface area contributed by atoms with Crippen LogP contribution >= 0.6 is 0 Å². The van der Waals surface area contributed by atoms with E-state index in [9.17, 15) is 9.59 Å². The van der Waals surface area contributed by atoms with E-state index < -0.39 is 0 Å². The third kappa shape index (κ3) is 4.72. The van der Waals surface area contributed by atoms with Crippen molar-refractivity contribution in [3.63, 3.8) is 0 Å². The monoisotopic (exact) mass is 239 g/mol. The van der Waals surface area contributed by atoms with Crippen LogP contribution in [0.25, 0.3) is 0 Å². The van der Waals surface area contributed by atoms with E-state index in [1.807, 2.05) is 0 Å². The molecule has 0 aliphatic rings. The maximum atomic E-state index is 11.2. The molecule has 1 aromatic rings. The highest BCUT2D eigenvalue weighted by atomic mass is 16.5. The number of ether oxygens (including phenoxy) is 2. The smallest absolute Gasteiger partial charge is 0.311 e. The third-order valence-corrected chi connectivity index (χ3v) is 2.09. The van der Waals surface area contributed by atoms with Gasteiger partial charge in [-0.3, -0.25) is 9.59 Å². The summed E-state index contributed by atoms with van der Waals surface area (Å²) in [6.45, 7) is 4.27. The molecular formula is C12H17NO4. The van der Waals surface area contributed by atoms with Crippen molar-refractivity contribution in [3.8, 4) is 0 Å². The lowest BCUT2D eigenvalue weighted by Crippen LogP contribution is -2.09. The van der Waals surface area contributed by atoms with E-state index in [2.05, 4.69) is 4.98 Å². The Bertz CT molecular complexity index is 349. The van der Waals surface area contributed by atoms with Crippen LogP contribution in [0.5, 0.6) is 0 Å². The molecule has 94 valence electrons. The molecule has 1 rings (SSSR count). The first-order chi connectivity index (χ1) is 8.15. The molecule has 5 heteroatoms. The summed E-state index contributed by atoms with van der Waals surface area (Å²) >= 11 is 0. The maximum Gasteiger partial charge on any atom is 0.311 e. The molecule has 0 saturated carbocycles. The number of H-pyrrole nitrogens is 1. The first kappa shape index (κ1) is 13.3. The number of hydrogen-bond donors (Lipinski definition) is 1. The molecule has 0 aliphatic heterocycles. The van der Waals surface area contributed by atoms with Crippen LogP contribution in [0.2, 0.25) is 0 Å². The Kier molecular flexibility index (Phi) is 5.26. The van der Waals surface area contributed by atoms with Crippen LogP contribution in [0.3, 0.4) is 0 Å². The zero-order chi connectivity index (χ0) is 12.7. The topological polar surface area (TPSA) is 68.4 Å². The number of esters is 2. The minimum atomic E-state index is -0.281. The Hall–Kier alpha value is -1.78. The van der Waals surface area contributed by atoms with Gasteiger partial charge in [0.2, 0.25) is 0 Å². The normalized spacial score (nSPS) is 10.0. The van der Waals surface area contributed by atoms with Gasteiger partial charge in [0.15, 0.2) is 0 Å². The second-order valence-electron chi connectivity index (χ2n) is 3.47. The van der Waals surface area contributed by atoms with Crippen molar-refractivity contribution in [2.45, 2.75) is 26.7 Å². The van der Waals surface area contributed by atoms with Crippen LogP contribution in [0.1, 0.15) is 25.2 Å². The Labute approximate surface area is 100 Å². The van der Waals surface area contributed by atoms with Crippen molar-refractivity contribution in [2.24, 2.45) is 0 Å². The van der Waals surface area contributed by atoms with Crippen molar-refractivity contribution in [3.05, 3.63) is 23.5 Å². The van der Waals surface area contributed by atoms with Crippen molar-refractivity contribution < 1.29 is 19.1 Å². The van der Waals surface area contributed by atoms with Gasteiger partial charge in [-0.2, -0.15) is 0 Å². The molecular weight excluding hydrogens is 222 g/mol. The van der Waals surface area contributed by atoms with Crippen LogP contribution in [0.15, 0.2) is 12.1 Å². The molecule has 0 aliphatic carbocycles. The average molecular weight is 239 g/mol. The number of aromatic nitrogens is 1. The van der Waals surface area contributed by atoms with Gasteiger partial charge in [-0.25, -0.2) is 0 Å². The van der Waals surface area contributed by atoms with E-state index in [-0.39, 0.29) is 24.8 Å². The Morgan fingerprint density at radius 1 is 1.00 bits per heavy atom. The molecule has 0 aromatic carbocycles. The summed E-state index contributed by atoms with van der Waals surface area (Å²) in [5, 5.41) is 0. The molecule has 0 spiro atoms. The standard InChI is InChI=1S/C12H17NO4/c1-3-16-11(14)7-9-5-6-10(13-9)8-12(15)17-4-2/h5-6,13H,3-4,7-8H2,1-2H3. The number of aromatic amines is 1. The van der Waals surface area contributed by atoms with Crippen LogP contribution in [0.4, 0.5) is 0 Å². The summed E-state index contributed by atoms with van der Waals surface area (Å²) in [5.41, 5.74) is 1.48. The van der Waals surface area contributed by atoms with Crippen molar-refractivity contribution in [2.75, 3.05) is 13.2 Å². The van der Waals surface area contributed by atoms with Crippen molar-refractivity contribution in [1.29, 1.82) is 0 Å². The summed E-state index contributed by atoms with van der Waals surface area (Å²) in [4.78, 5) is 25.4. The predicted octanol–water partition coefficient (Wildman–Crippen LogP) is 1.23. The molecule has 0 fully saturated rings. The first-order valence-corrected chi connectivity index (χ1v) is 5.63. The average Bonchev–Trinajstić information content (AvgIpc) is 2.66. The zero-order valence-electron chi connectivity index (χ0n) is 10.1. The fraction of sp³-hybridized carbons (Fsp3) is 0.500. The predicted molar refractivity (Wildman–Crippen MR) is 61.5 cm³/mol. The fourth-order valence-electron chi connectivity index (χ4n) is 1.43. The number of rotatable bonds is 6. The molecule has 1 aromatic heterocycles. The van der Waals surface area contributed by atoms with Gasteiger partial charge < -0.3 is 14.5 Å². The Morgan fingerprint density at radius 2 is 1.41 bits per heavy atom. The largest absolute Gasteiger partial charge is 0.466 e. The fourth-order valence-corrected chi connectivity index (χ4v) is 1.43. The minimum absolute atomic E-state index is 0.191. The molecule has 0 radical (unpaired) electrons. The van der Waals surface area contributed by atoms with Gasteiger partial charge in [0, 0.05) is 11.4 Å². The number of nitrogens with one attached hydrogen (secondary N) is 1. The summed E-state index contributed by atoms with van der Waals surface area (Å²) < 4.78 is 9.65. The number of carbonyl (C=O) groups is 2. The van der Waals surface area contributed by atoms with Gasteiger partial charge >= 0.3 is 11.9 Å². The molecule has 0 saturated heterocycles. The van der Waals surface area contributed by atoms with E-state index in [0.717, 1.165) is 11.4 Å². The lowest BCUT2D eigenvalue weighted by atomic mass is 10.3. The Morgan fingerprint density at radius 3 is 1.76 bits per heavy atom. The van der Waals surface area contributed by atoms with E-state index in [0.29, 0.717) is 13.2 Å². The minimum Gasteiger partial charge on any atom is -0.466 e.